The van der Waals surface area contributed by atoms with Crippen molar-refractivity contribution in [3.63, 3.8) is 0 Å². The molecule has 37 valence electrons. The van der Waals surface area contributed by atoms with Gasteiger partial charge in [-0.3, -0.25) is 0 Å². The Hall–Kier alpha value is 3.60. The summed E-state index contributed by atoms with van der Waals surface area (Å²) >= 11 is 0. The fourth-order valence-electron chi connectivity index (χ4n) is 0. The minimum absolute atomic E-state index is 0. The summed E-state index contributed by atoms with van der Waals surface area (Å²) in [4.78, 5) is 0. The average Bonchev–Trinajstić information content (AvgIpc) is 0. The molecule has 0 aromatic rings. The Morgan fingerprint density at radius 2 is 1.00 bits per heavy atom. The van der Waals surface area contributed by atoms with Gasteiger partial charge in [-0.2, -0.15) is 0 Å². The van der Waals surface area contributed by atoms with Gasteiger partial charge in [0.25, 0.3) is 0 Å². The van der Waals surface area contributed by atoms with Crippen LogP contribution in [0.1, 0.15) is 0 Å². The molecule has 3 radical (unpaired) electrons. The summed E-state index contributed by atoms with van der Waals surface area (Å²) in [5.74, 6) is 0. The van der Waals surface area contributed by atoms with Crippen molar-refractivity contribution in [1.82, 2.24) is 0 Å². The van der Waals surface area contributed by atoms with Crippen molar-refractivity contribution in [3.8, 4) is 0 Å². The fourth-order valence-corrected chi connectivity index (χ4v) is 0. The molecule has 0 bridgehead atoms. The van der Waals surface area contributed by atoms with Crippen LogP contribution in [0.25, 0.3) is 0 Å². The molecule has 0 nitrogen and oxygen atoms in total. The predicted molar refractivity (Wildman–Crippen MR) is 8.54 cm³/mol. The molecule has 0 aromatic heterocycles. The largest absolute Gasteiger partial charge is 0 e. The fraction of sp³-hybridized carbons (Fsp3) is 0. The zero-order valence-electron chi connectivity index (χ0n) is 2.21. The Morgan fingerprint density at radius 3 is 1.00 bits per heavy atom. The van der Waals surface area contributed by atoms with Crippen molar-refractivity contribution in [3.05, 3.63) is 0 Å². The van der Waals surface area contributed by atoms with E-state index in [9.17, 15) is 0 Å². The standard InChI is InChI=1S/Ir.Pb.Pt.Ru.Ti.2H. The number of rotatable bonds is 0. The molecule has 5 heavy (non-hydrogen) atoms. The topological polar surface area (TPSA) is 0 Å². The first kappa shape index (κ1) is 38.3. The third kappa shape index (κ3) is 18.4. The predicted octanol–water partition coefficient (Wildman–Crippen LogP) is -0.926. The Labute approximate surface area is 107 Å². The second kappa shape index (κ2) is 25.6. The van der Waals surface area contributed by atoms with Crippen molar-refractivity contribution in [2.24, 2.45) is 0 Å². The van der Waals surface area contributed by atoms with Crippen LogP contribution >= 0.6 is 0 Å². The normalized spacial score (nSPS) is 0. The maximum atomic E-state index is 0. The minimum atomic E-state index is 0. The first-order valence-electron chi connectivity index (χ1n) is 0. The Morgan fingerprint density at radius 1 is 1.00 bits per heavy atom. The van der Waals surface area contributed by atoms with Gasteiger partial charge in [0.15, 0.2) is 0 Å². The molecule has 0 aliphatic carbocycles. The van der Waals surface area contributed by atoms with Crippen molar-refractivity contribution in [2.45, 2.75) is 0 Å². The first-order valence-corrected chi connectivity index (χ1v) is 0. The Balaban J connectivity index is 0. The van der Waals surface area contributed by atoms with Crippen molar-refractivity contribution in [1.29, 1.82) is 0 Å². The second-order valence-corrected chi connectivity index (χ2v) is 0. The van der Waals surface area contributed by atoms with Gasteiger partial charge in [0.2, 0.25) is 0 Å². The zero-order valence-corrected chi connectivity index (χ0v) is 15.7. The van der Waals surface area contributed by atoms with E-state index >= 15 is 0 Å². The first-order chi connectivity index (χ1) is 0. The van der Waals surface area contributed by atoms with Crippen LogP contribution in [0.4, 0.5) is 0 Å². The van der Waals surface area contributed by atoms with Crippen LogP contribution < -0.4 is 0 Å². The van der Waals surface area contributed by atoms with Crippen molar-refractivity contribution in [2.75, 3.05) is 0 Å². The van der Waals surface area contributed by atoms with E-state index in [0.29, 0.717) is 0 Å². The SMILES string of the molecule is [Ir].[PbH2].[Pt].[Ru].[Ti]. The van der Waals surface area contributed by atoms with E-state index in [-0.39, 0.29) is 110 Å². The van der Waals surface area contributed by atoms with Crippen LogP contribution in [-0.4, -0.2) is 27.3 Å². The maximum absolute atomic E-state index is 0. The van der Waals surface area contributed by atoms with E-state index in [1.165, 1.54) is 0 Å². The zero-order chi connectivity index (χ0) is 0. The van der Waals surface area contributed by atoms with Gasteiger partial charge in [-0.05, 0) is 0 Å². The molecule has 0 saturated heterocycles. The molecule has 5 heteroatoms. The molecule has 0 aliphatic heterocycles. The van der Waals surface area contributed by atoms with Gasteiger partial charge in [0, 0.05) is 82.4 Å². The van der Waals surface area contributed by atoms with Gasteiger partial charge in [-0.15, -0.1) is 0 Å². The van der Waals surface area contributed by atoms with E-state index in [0.717, 1.165) is 0 Å². The smallest absolute Gasteiger partial charge is 0 e. The Bertz CT molecular complexity index is 11.6. The summed E-state index contributed by atoms with van der Waals surface area (Å²) in [5.41, 5.74) is 0. The number of hydrogen-bond acceptors (Lipinski definition) is 0. The quantitative estimate of drug-likeness (QED) is 0.282. The molecule has 0 heterocycles. The van der Waals surface area contributed by atoms with E-state index < -0.39 is 0 Å². The van der Waals surface area contributed by atoms with Gasteiger partial charge >= 0.3 is 27.3 Å². The van der Waals surface area contributed by atoms with E-state index in [1.54, 1.807) is 0 Å². The molecule has 0 amide bonds. The molecular weight excluding hydrogens is 743 g/mol. The summed E-state index contributed by atoms with van der Waals surface area (Å²) in [6.07, 6.45) is 0. The minimum Gasteiger partial charge on any atom is 0 e. The van der Waals surface area contributed by atoms with Gasteiger partial charge < -0.3 is 0 Å². The van der Waals surface area contributed by atoms with E-state index in [2.05, 4.69) is 0 Å². The van der Waals surface area contributed by atoms with Crippen LogP contribution in [0.3, 0.4) is 0 Å². The van der Waals surface area contributed by atoms with Crippen molar-refractivity contribution >= 4 is 27.3 Å². The second-order valence-electron chi connectivity index (χ2n) is 0. The van der Waals surface area contributed by atoms with Gasteiger partial charge in [-0.1, -0.05) is 0 Å². The molecule has 0 fully saturated rings. The van der Waals surface area contributed by atoms with E-state index in [4.69, 9.17) is 0 Å². The van der Waals surface area contributed by atoms with Crippen LogP contribution in [0.5, 0.6) is 0 Å². The monoisotopic (exact) mass is 748 g/mol. The molecule has 0 aliphatic rings. The van der Waals surface area contributed by atoms with Crippen LogP contribution in [0.15, 0.2) is 0 Å². The van der Waals surface area contributed by atoms with Crippen molar-refractivity contribution < 1.29 is 82.4 Å². The van der Waals surface area contributed by atoms with Crippen LogP contribution in [0.2, 0.25) is 0 Å². The molecule has 0 rings (SSSR count). The average molecular weight is 745 g/mol. The summed E-state index contributed by atoms with van der Waals surface area (Å²) in [7, 11) is 0. The summed E-state index contributed by atoms with van der Waals surface area (Å²) in [5, 5.41) is 0. The summed E-state index contributed by atoms with van der Waals surface area (Å²) < 4.78 is 0. The molecule has 0 aromatic carbocycles. The molecule has 0 saturated carbocycles. The Kier molecular flexibility index (Phi) is 196. The van der Waals surface area contributed by atoms with Gasteiger partial charge in [-0.25, -0.2) is 0 Å². The molecule has 0 unspecified atom stereocenters. The van der Waals surface area contributed by atoms with Gasteiger partial charge in [0.1, 0.15) is 0 Å². The van der Waals surface area contributed by atoms with Crippen LogP contribution in [-0.2, 0) is 82.4 Å². The van der Waals surface area contributed by atoms with Crippen LogP contribution in [0, 0.1) is 0 Å². The third-order valence-electron chi connectivity index (χ3n) is 0. The van der Waals surface area contributed by atoms with Gasteiger partial charge in [0.05, 0.1) is 0 Å². The maximum Gasteiger partial charge on any atom is 0 e. The third-order valence-corrected chi connectivity index (χ3v) is 0. The van der Waals surface area contributed by atoms with E-state index in [1.807, 2.05) is 0 Å². The molecule has 0 atom stereocenters. The summed E-state index contributed by atoms with van der Waals surface area (Å²) in [6.45, 7) is 0. The molecule has 0 N–H and O–H groups in total. The molecular formula is H2IrPbPtRuTi. The summed E-state index contributed by atoms with van der Waals surface area (Å²) in [6, 6.07) is 0. The molecule has 0 spiro atoms. The number of hydrogen-bond donors (Lipinski definition) is 0.